The molecule has 0 bridgehead atoms. The van der Waals surface area contributed by atoms with E-state index in [4.69, 9.17) is 4.74 Å². The molecule has 1 fully saturated rings. The maximum Gasteiger partial charge on any atom is 0.287 e. The standard InChI is InChI=1S/C10H10N2O4/c1-11-5-8(12(14)15)4-7(11)2-3-9(13)10-6-16-10/h2-5,10H,6H2,1H3/b3-2+. The van der Waals surface area contributed by atoms with Crippen molar-refractivity contribution in [3.05, 3.63) is 34.1 Å². The summed E-state index contributed by atoms with van der Waals surface area (Å²) in [4.78, 5) is 21.3. The summed E-state index contributed by atoms with van der Waals surface area (Å²) in [6.45, 7) is 0.469. The third-order valence-electron chi connectivity index (χ3n) is 2.31. The first-order valence-electron chi connectivity index (χ1n) is 4.72. The minimum atomic E-state index is -0.469. The number of hydrogen-bond acceptors (Lipinski definition) is 4. The van der Waals surface area contributed by atoms with E-state index in [1.54, 1.807) is 17.7 Å². The molecule has 1 saturated heterocycles. The summed E-state index contributed by atoms with van der Waals surface area (Å²) in [6.07, 6.45) is 4.03. The lowest BCUT2D eigenvalue weighted by Gasteiger charge is -1.93. The van der Waals surface area contributed by atoms with Gasteiger partial charge < -0.3 is 9.30 Å². The first-order valence-corrected chi connectivity index (χ1v) is 4.72. The normalized spacial score (nSPS) is 18.9. The molecular weight excluding hydrogens is 212 g/mol. The average Bonchev–Trinajstić information content (AvgIpc) is 3.00. The SMILES string of the molecule is Cn1cc([N+](=O)[O-])cc1/C=C/C(=O)C1CO1. The minimum Gasteiger partial charge on any atom is -0.364 e. The predicted molar refractivity (Wildman–Crippen MR) is 55.8 cm³/mol. The van der Waals surface area contributed by atoms with Gasteiger partial charge in [0.2, 0.25) is 0 Å². The maximum absolute atomic E-state index is 11.3. The van der Waals surface area contributed by atoms with Crippen LogP contribution < -0.4 is 0 Å². The van der Waals surface area contributed by atoms with Crippen LogP contribution in [-0.2, 0) is 16.6 Å². The first-order chi connectivity index (χ1) is 7.58. The summed E-state index contributed by atoms with van der Waals surface area (Å²) in [6, 6.07) is 1.41. The van der Waals surface area contributed by atoms with E-state index in [9.17, 15) is 14.9 Å². The van der Waals surface area contributed by atoms with Gasteiger partial charge in [-0.05, 0) is 12.2 Å². The smallest absolute Gasteiger partial charge is 0.287 e. The van der Waals surface area contributed by atoms with Crippen molar-refractivity contribution in [1.82, 2.24) is 4.57 Å². The molecule has 2 heterocycles. The number of ether oxygens (including phenoxy) is 1. The summed E-state index contributed by atoms with van der Waals surface area (Å²) in [5.41, 5.74) is 0.623. The second kappa shape index (κ2) is 3.90. The Balaban J connectivity index is 2.14. The Morgan fingerprint density at radius 1 is 1.75 bits per heavy atom. The monoisotopic (exact) mass is 222 g/mol. The van der Waals surface area contributed by atoms with Gasteiger partial charge in [-0.15, -0.1) is 0 Å². The van der Waals surface area contributed by atoms with Gasteiger partial charge >= 0.3 is 0 Å². The van der Waals surface area contributed by atoms with E-state index in [0.29, 0.717) is 12.3 Å². The van der Waals surface area contributed by atoms with Gasteiger partial charge in [0.05, 0.1) is 17.7 Å². The third-order valence-corrected chi connectivity index (χ3v) is 2.31. The molecule has 0 amide bonds. The summed E-state index contributed by atoms with van der Waals surface area (Å²) in [5.74, 6) is -0.108. The number of hydrogen-bond donors (Lipinski definition) is 0. The number of epoxide rings is 1. The van der Waals surface area contributed by atoms with Gasteiger partial charge in [0.25, 0.3) is 5.69 Å². The molecule has 0 saturated carbocycles. The quantitative estimate of drug-likeness (QED) is 0.328. The van der Waals surface area contributed by atoms with Crippen molar-refractivity contribution in [2.45, 2.75) is 6.10 Å². The molecule has 0 spiro atoms. The van der Waals surface area contributed by atoms with E-state index in [2.05, 4.69) is 0 Å². The highest BCUT2D eigenvalue weighted by molar-refractivity contribution is 5.98. The van der Waals surface area contributed by atoms with E-state index < -0.39 is 4.92 Å². The summed E-state index contributed by atoms with van der Waals surface area (Å²) >= 11 is 0. The molecular formula is C10H10N2O4. The van der Waals surface area contributed by atoms with Gasteiger partial charge in [-0.1, -0.05) is 0 Å². The van der Waals surface area contributed by atoms with Gasteiger partial charge in [0.1, 0.15) is 6.10 Å². The van der Waals surface area contributed by atoms with Crippen molar-refractivity contribution in [2.24, 2.45) is 7.05 Å². The van der Waals surface area contributed by atoms with Crippen LogP contribution in [-0.4, -0.2) is 28.0 Å². The minimum absolute atomic E-state index is 0.0114. The topological polar surface area (TPSA) is 77.7 Å². The third kappa shape index (κ3) is 2.17. The average molecular weight is 222 g/mol. The largest absolute Gasteiger partial charge is 0.364 e. The Labute approximate surface area is 91.3 Å². The highest BCUT2D eigenvalue weighted by atomic mass is 16.6. The number of aryl methyl sites for hydroxylation is 1. The Kier molecular flexibility index (Phi) is 2.57. The van der Waals surface area contributed by atoms with Gasteiger partial charge in [0, 0.05) is 18.8 Å². The lowest BCUT2D eigenvalue weighted by Crippen LogP contribution is -2.01. The fourth-order valence-corrected chi connectivity index (χ4v) is 1.32. The van der Waals surface area contributed by atoms with Crippen molar-refractivity contribution in [3.8, 4) is 0 Å². The molecule has 1 aliphatic rings. The number of nitrogens with zero attached hydrogens (tertiary/aromatic N) is 2. The summed E-state index contributed by atoms with van der Waals surface area (Å²) < 4.78 is 6.41. The molecule has 0 aromatic carbocycles. The summed E-state index contributed by atoms with van der Waals surface area (Å²) in [7, 11) is 1.69. The predicted octanol–water partition coefficient (Wildman–Crippen LogP) is 0.914. The van der Waals surface area contributed by atoms with Crippen LogP contribution in [0.2, 0.25) is 0 Å². The van der Waals surface area contributed by atoms with Crippen LogP contribution in [0.5, 0.6) is 0 Å². The number of carbonyl (C=O) groups excluding carboxylic acids is 1. The van der Waals surface area contributed by atoms with E-state index in [-0.39, 0.29) is 17.6 Å². The molecule has 1 aliphatic heterocycles. The van der Waals surface area contributed by atoms with Crippen LogP contribution in [0.25, 0.3) is 6.08 Å². The van der Waals surface area contributed by atoms with E-state index >= 15 is 0 Å². The Hall–Kier alpha value is -1.95. The molecule has 6 nitrogen and oxygen atoms in total. The van der Waals surface area contributed by atoms with Gasteiger partial charge in [-0.3, -0.25) is 14.9 Å². The second-order valence-electron chi connectivity index (χ2n) is 3.55. The number of nitro groups is 1. The zero-order chi connectivity index (χ0) is 11.7. The molecule has 1 aromatic heterocycles. The van der Waals surface area contributed by atoms with Crippen molar-refractivity contribution in [2.75, 3.05) is 6.61 Å². The number of carbonyl (C=O) groups is 1. The Morgan fingerprint density at radius 3 is 2.94 bits per heavy atom. The maximum atomic E-state index is 11.3. The van der Waals surface area contributed by atoms with E-state index in [1.165, 1.54) is 18.3 Å². The zero-order valence-electron chi connectivity index (χ0n) is 8.62. The highest BCUT2D eigenvalue weighted by Crippen LogP contribution is 2.17. The number of rotatable bonds is 4. The Morgan fingerprint density at radius 2 is 2.44 bits per heavy atom. The molecule has 6 heteroatoms. The van der Waals surface area contributed by atoms with Crippen LogP contribution in [0.3, 0.4) is 0 Å². The highest BCUT2D eigenvalue weighted by Gasteiger charge is 2.28. The number of ketones is 1. The van der Waals surface area contributed by atoms with Gasteiger partial charge in [-0.2, -0.15) is 0 Å². The molecule has 84 valence electrons. The lowest BCUT2D eigenvalue weighted by molar-refractivity contribution is -0.384. The van der Waals surface area contributed by atoms with Crippen molar-refractivity contribution in [1.29, 1.82) is 0 Å². The molecule has 16 heavy (non-hydrogen) atoms. The van der Waals surface area contributed by atoms with Crippen LogP contribution >= 0.6 is 0 Å². The van der Waals surface area contributed by atoms with Crippen molar-refractivity contribution < 1.29 is 14.5 Å². The second-order valence-corrected chi connectivity index (χ2v) is 3.55. The summed E-state index contributed by atoms with van der Waals surface area (Å²) in [5, 5.41) is 10.5. The van der Waals surface area contributed by atoms with Gasteiger partial charge in [0.15, 0.2) is 5.78 Å². The fourth-order valence-electron chi connectivity index (χ4n) is 1.32. The zero-order valence-corrected chi connectivity index (χ0v) is 8.62. The molecule has 0 N–H and O–H groups in total. The molecule has 2 rings (SSSR count). The van der Waals surface area contributed by atoms with Crippen molar-refractivity contribution >= 4 is 17.5 Å². The molecule has 1 aromatic rings. The van der Waals surface area contributed by atoms with Crippen LogP contribution in [0, 0.1) is 10.1 Å². The van der Waals surface area contributed by atoms with Gasteiger partial charge in [-0.25, -0.2) is 0 Å². The van der Waals surface area contributed by atoms with E-state index in [1.807, 2.05) is 0 Å². The fraction of sp³-hybridized carbons (Fsp3) is 0.300. The number of aromatic nitrogens is 1. The lowest BCUT2D eigenvalue weighted by atomic mass is 10.2. The van der Waals surface area contributed by atoms with Crippen LogP contribution in [0.15, 0.2) is 18.3 Å². The molecule has 1 unspecified atom stereocenters. The first kappa shape index (κ1) is 10.6. The Bertz CT molecular complexity index is 471. The van der Waals surface area contributed by atoms with Crippen LogP contribution in [0.1, 0.15) is 5.69 Å². The molecule has 0 radical (unpaired) electrons. The van der Waals surface area contributed by atoms with Crippen LogP contribution in [0.4, 0.5) is 5.69 Å². The van der Waals surface area contributed by atoms with E-state index in [0.717, 1.165) is 0 Å². The molecule has 0 aliphatic carbocycles. The molecule has 1 atom stereocenters. The van der Waals surface area contributed by atoms with Crippen molar-refractivity contribution in [3.63, 3.8) is 0 Å².